The maximum Gasteiger partial charge on any atom is 0.316 e. The van der Waals surface area contributed by atoms with E-state index in [1.807, 2.05) is 12.3 Å². The Bertz CT molecular complexity index is 1190. The topological polar surface area (TPSA) is 102 Å². The number of halogens is 2. The van der Waals surface area contributed by atoms with Crippen LogP contribution in [0.1, 0.15) is 35.3 Å². The molecule has 0 aliphatic heterocycles. The van der Waals surface area contributed by atoms with Gasteiger partial charge in [-0.15, -0.1) is 0 Å². The van der Waals surface area contributed by atoms with Gasteiger partial charge in [0.15, 0.2) is 5.82 Å². The highest BCUT2D eigenvalue weighted by Crippen LogP contribution is 2.30. The van der Waals surface area contributed by atoms with Gasteiger partial charge in [0.05, 0.1) is 32.2 Å². The SMILES string of the molecule is Cn1nc(CCC(S)C(=O)O)c(Br)c1-n1cc(-c2ccc(Cl)c(C(=O)NC3CC3)c2)cn1. The van der Waals surface area contributed by atoms with Crippen LogP contribution in [0.2, 0.25) is 5.02 Å². The second-order valence-electron chi connectivity index (χ2n) is 7.72. The lowest BCUT2D eigenvalue weighted by Gasteiger charge is -2.07. The van der Waals surface area contributed by atoms with Gasteiger partial charge in [-0.1, -0.05) is 17.7 Å². The van der Waals surface area contributed by atoms with E-state index in [0.29, 0.717) is 29.2 Å². The summed E-state index contributed by atoms with van der Waals surface area (Å²) in [4.78, 5) is 23.5. The van der Waals surface area contributed by atoms with Crippen molar-refractivity contribution in [1.82, 2.24) is 24.9 Å². The Morgan fingerprint density at radius 1 is 1.38 bits per heavy atom. The fourth-order valence-electron chi connectivity index (χ4n) is 3.31. The third-order valence-corrected chi connectivity index (χ3v) is 6.84. The minimum atomic E-state index is -0.953. The molecule has 1 saturated carbocycles. The molecule has 4 rings (SSSR count). The zero-order valence-electron chi connectivity index (χ0n) is 17.1. The van der Waals surface area contributed by atoms with Crippen LogP contribution in [0, 0.1) is 0 Å². The summed E-state index contributed by atoms with van der Waals surface area (Å²) >= 11 is 13.9. The molecular formula is C21H21BrClN5O3S. The van der Waals surface area contributed by atoms with Crippen LogP contribution in [0.25, 0.3) is 16.9 Å². The Morgan fingerprint density at radius 2 is 2.12 bits per heavy atom. The number of carboxylic acid groups (broad SMARTS) is 1. The number of carbonyl (C=O) groups excluding carboxylic acids is 1. The lowest BCUT2D eigenvalue weighted by molar-refractivity contribution is -0.136. The highest BCUT2D eigenvalue weighted by atomic mass is 79.9. The predicted octanol–water partition coefficient (Wildman–Crippen LogP) is 3.90. The Hall–Kier alpha value is -2.30. The molecule has 1 aromatic carbocycles. The first-order chi connectivity index (χ1) is 15.2. The third-order valence-electron chi connectivity index (χ3n) is 5.22. The molecule has 0 saturated heterocycles. The van der Waals surface area contributed by atoms with Gasteiger partial charge in [0.1, 0.15) is 0 Å². The van der Waals surface area contributed by atoms with Crippen LogP contribution in [0.15, 0.2) is 35.1 Å². The van der Waals surface area contributed by atoms with Gasteiger partial charge in [-0.05, 0) is 59.3 Å². The third kappa shape index (κ3) is 4.87. The summed E-state index contributed by atoms with van der Waals surface area (Å²) in [6, 6.07) is 5.57. The molecule has 32 heavy (non-hydrogen) atoms. The molecular weight excluding hydrogens is 518 g/mol. The monoisotopic (exact) mass is 537 g/mol. The van der Waals surface area contributed by atoms with Gasteiger partial charge < -0.3 is 10.4 Å². The number of carbonyl (C=O) groups is 2. The predicted molar refractivity (Wildman–Crippen MR) is 128 cm³/mol. The van der Waals surface area contributed by atoms with E-state index in [1.54, 1.807) is 34.7 Å². The lowest BCUT2D eigenvalue weighted by Crippen LogP contribution is -2.25. The standard InChI is InChI=1S/C21H21BrClN5O3S/c1-27-20(18(22)16(26-27)6-7-17(32)21(30)31)28-10-12(9-24-28)11-2-5-15(23)14(8-11)19(29)25-13-3-4-13/h2,5,8-10,13,17,32H,3-4,6-7H2,1H3,(H,25,29)(H,30,31). The number of nitrogens with one attached hydrogen (secondary N) is 1. The van der Waals surface area contributed by atoms with Crippen LogP contribution in [0.3, 0.4) is 0 Å². The molecule has 1 amide bonds. The number of aromatic nitrogens is 4. The first-order valence-electron chi connectivity index (χ1n) is 10.0. The van der Waals surface area contributed by atoms with Crippen molar-refractivity contribution >= 4 is 52.0 Å². The number of nitrogens with zero attached hydrogens (tertiary/aromatic N) is 4. The van der Waals surface area contributed by atoms with Gasteiger partial charge in [0.2, 0.25) is 0 Å². The van der Waals surface area contributed by atoms with Crippen molar-refractivity contribution in [2.75, 3.05) is 0 Å². The van der Waals surface area contributed by atoms with Crippen molar-refractivity contribution < 1.29 is 14.7 Å². The number of aliphatic carboxylic acids is 1. The van der Waals surface area contributed by atoms with E-state index in [1.165, 1.54) is 0 Å². The maximum absolute atomic E-state index is 12.5. The Balaban J connectivity index is 1.58. The van der Waals surface area contributed by atoms with Gasteiger partial charge in [-0.25, -0.2) is 9.36 Å². The molecule has 2 aromatic heterocycles. The van der Waals surface area contributed by atoms with Gasteiger partial charge in [0.25, 0.3) is 5.91 Å². The molecule has 0 spiro atoms. The highest BCUT2D eigenvalue weighted by molar-refractivity contribution is 9.10. The van der Waals surface area contributed by atoms with E-state index in [2.05, 4.69) is 44.1 Å². The summed E-state index contributed by atoms with van der Waals surface area (Å²) < 4.78 is 4.10. The summed E-state index contributed by atoms with van der Waals surface area (Å²) in [7, 11) is 1.79. The summed E-state index contributed by atoms with van der Waals surface area (Å²) in [6.07, 6.45) is 6.37. The van der Waals surface area contributed by atoms with Crippen molar-refractivity contribution in [1.29, 1.82) is 0 Å². The maximum atomic E-state index is 12.5. The van der Waals surface area contributed by atoms with E-state index in [0.717, 1.165) is 34.1 Å². The minimum Gasteiger partial charge on any atom is -0.480 e. The van der Waals surface area contributed by atoms with Gasteiger partial charge in [-0.3, -0.25) is 9.59 Å². The molecule has 1 unspecified atom stereocenters. The van der Waals surface area contributed by atoms with Crippen molar-refractivity contribution in [2.45, 2.75) is 37.0 Å². The first-order valence-corrected chi connectivity index (χ1v) is 11.7. The number of aryl methyl sites for hydroxylation is 2. The summed E-state index contributed by atoms with van der Waals surface area (Å²) in [5, 5.41) is 20.6. The molecule has 3 aromatic rings. The molecule has 8 nitrogen and oxygen atoms in total. The summed E-state index contributed by atoms with van der Waals surface area (Å²) in [6.45, 7) is 0. The minimum absolute atomic E-state index is 0.172. The number of amides is 1. The van der Waals surface area contributed by atoms with Gasteiger partial charge in [-0.2, -0.15) is 22.8 Å². The van der Waals surface area contributed by atoms with Crippen molar-refractivity contribution in [3.8, 4) is 16.9 Å². The number of hydrogen-bond acceptors (Lipinski definition) is 5. The number of thiol groups is 1. The van der Waals surface area contributed by atoms with E-state index in [9.17, 15) is 9.59 Å². The molecule has 1 atom stereocenters. The van der Waals surface area contributed by atoms with Crippen molar-refractivity contribution in [3.05, 3.63) is 51.3 Å². The molecule has 2 N–H and O–H groups in total. The first kappa shape index (κ1) is 22.9. The Kier molecular flexibility index (Phi) is 6.64. The molecule has 2 heterocycles. The lowest BCUT2D eigenvalue weighted by atomic mass is 10.1. The van der Waals surface area contributed by atoms with Gasteiger partial charge >= 0.3 is 5.97 Å². The highest BCUT2D eigenvalue weighted by Gasteiger charge is 2.25. The van der Waals surface area contributed by atoms with Gasteiger partial charge in [0, 0.05) is 24.8 Å². The van der Waals surface area contributed by atoms with Crippen LogP contribution in [-0.2, 0) is 18.3 Å². The average Bonchev–Trinajstić information content (AvgIpc) is 3.35. The largest absolute Gasteiger partial charge is 0.480 e. The van der Waals surface area contributed by atoms with Crippen LogP contribution < -0.4 is 5.32 Å². The summed E-state index contributed by atoms with van der Waals surface area (Å²) in [5.41, 5.74) is 2.80. The molecule has 168 valence electrons. The number of carboxylic acids is 1. The van der Waals surface area contributed by atoms with Crippen LogP contribution in [0.5, 0.6) is 0 Å². The Morgan fingerprint density at radius 3 is 2.81 bits per heavy atom. The van der Waals surface area contributed by atoms with Crippen molar-refractivity contribution in [2.24, 2.45) is 7.05 Å². The zero-order chi connectivity index (χ0) is 23.0. The normalized spacial score (nSPS) is 14.4. The number of benzene rings is 1. The second kappa shape index (κ2) is 9.29. The molecule has 1 fully saturated rings. The fraction of sp³-hybridized carbons (Fsp3) is 0.333. The number of hydrogen-bond donors (Lipinski definition) is 3. The van der Waals surface area contributed by atoms with Crippen LogP contribution in [0.4, 0.5) is 0 Å². The Labute approximate surface area is 203 Å². The molecule has 11 heteroatoms. The van der Waals surface area contributed by atoms with E-state index in [-0.39, 0.29) is 11.9 Å². The fourth-order valence-corrected chi connectivity index (χ4v) is 4.35. The van der Waals surface area contributed by atoms with Crippen molar-refractivity contribution in [3.63, 3.8) is 0 Å². The van der Waals surface area contributed by atoms with Crippen LogP contribution >= 0.6 is 40.2 Å². The molecule has 0 radical (unpaired) electrons. The quantitative estimate of drug-likeness (QED) is 0.378. The molecule has 0 bridgehead atoms. The second-order valence-corrected chi connectivity index (χ2v) is 9.54. The summed E-state index contributed by atoms with van der Waals surface area (Å²) in [5.74, 6) is -0.418. The van der Waals surface area contributed by atoms with E-state index in [4.69, 9.17) is 16.7 Å². The van der Waals surface area contributed by atoms with E-state index < -0.39 is 11.2 Å². The smallest absolute Gasteiger partial charge is 0.316 e. The van der Waals surface area contributed by atoms with Crippen LogP contribution in [-0.4, -0.2) is 47.8 Å². The van der Waals surface area contributed by atoms with E-state index >= 15 is 0 Å². The number of rotatable bonds is 8. The molecule has 1 aliphatic carbocycles. The molecule has 1 aliphatic rings. The zero-order valence-corrected chi connectivity index (χ0v) is 20.4. The average molecular weight is 539 g/mol.